The smallest absolute Gasteiger partial charge is 0.256 e. The van der Waals surface area contributed by atoms with Crippen molar-refractivity contribution in [2.24, 2.45) is 0 Å². The summed E-state index contributed by atoms with van der Waals surface area (Å²) in [6, 6.07) is 14.4. The van der Waals surface area contributed by atoms with Gasteiger partial charge in [-0.05, 0) is 49.6 Å². The van der Waals surface area contributed by atoms with Gasteiger partial charge in [0.15, 0.2) is 0 Å². The SMILES string of the molecule is Cc1nn(Cc2ccc(F)cc2)c(Cl)c1C(=O)NCc1ccc(CN2CC(C)OC(C)C2)cc1. The van der Waals surface area contributed by atoms with Gasteiger partial charge in [0.25, 0.3) is 5.91 Å². The van der Waals surface area contributed by atoms with Crippen LogP contribution in [0.4, 0.5) is 4.39 Å². The topological polar surface area (TPSA) is 59.4 Å². The lowest BCUT2D eigenvalue weighted by Crippen LogP contribution is -2.44. The summed E-state index contributed by atoms with van der Waals surface area (Å²) in [6.07, 6.45) is 0.488. The summed E-state index contributed by atoms with van der Waals surface area (Å²) in [4.78, 5) is 15.3. The summed E-state index contributed by atoms with van der Waals surface area (Å²) >= 11 is 6.47. The molecule has 1 amide bonds. The van der Waals surface area contributed by atoms with E-state index < -0.39 is 0 Å². The molecule has 4 rings (SSSR count). The quantitative estimate of drug-likeness (QED) is 0.533. The molecule has 2 atom stereocenters. The van der Waals surface area contributed by atoms with Crippen LogP contribution in [-0.2, 0) is 24.4 Å². The van der Waals surface area contributed by atoms with Crippen LogP contribution in [-0.4, -0.2) is 45.9 Å². The van der Waals surface area contributed by atoms with Crippen LogP contribution in [0, 0.1) is 12.7 Å². The van der Waals surface area contributed by atoms with Gasteiger partial charge in [0.1, 0.15) is 11.0 Å². The molecule has 6 nitrogen and oxygen atoms in total. The molecule has 0 radical (unpaired) electrons. The third kappa shape index (κ3) is 6.03. The van der Waals surface area contributed by atoms with Gasteiger partial charge in [-0.15, -0.1) is 0 Å². The highest BCUT2D eigenvalue weighted by atomic mass is 35.5. The predicted octanol–water partition coefficient (Wildman–Crippen LogP) is 4.57. The number of aryl methyl sites for hydroxylation is 1. The number of hydrogen-bond acceptors (Lipinski definition) is 4. The molecule has 34 heavy (non-hydrogen) atoms. The highest BCUT2D eigenvalue weighted by molar-refractivity contribution is 6.33. The lowest BCUT2D eigenvalue weighted by Gasteiger charge is -2.35. The molecule has 180 valence electrons. The lowest BCUT2D eigenvalue weighted by atomic mass is 10.1. The maximum Gasteiger partial charge on any atom is 0.256 e. The lowest BCUT2D eigenvalue weighted by molar-refractivity contribution is -0.0704. The van der Waals surface area contributed by atoms with E-state index in [2.05, 4.69) is 41.3 Å². The van der Waals surface area contributed by atoms with Gasteiger partial charge in [0.05, 0.1) is 30.0 Å². The Morgan fingerprint density at radius 3 is 2.24 bits per heavy atom. The zero-order valence-electron chi connectivity index (χ0n) is 19.7. The normalized spacial score (nSPS) is 18.7. The van der Waals surface area contributed by atoms with Crippen molar-refractivity contribution in [3.63, 3.8) is 0 Å². The maximum absolute atomic E-state index is 13.2. The van der Waals surface area contributed by atoms with Gasteiger partial charge in [-0.3, -0.25) is 9.69 Å². The number of halogens is 2. The Labute approximate surface area is 204 Å². The number of ether oxygens (including phenoxy) is 1. The number of nitrogens with one attached hydrogen (secondary N) is 1. The maximum atomic E-state index is 13.2. The molecule has 8 heteroatoms. The minimum Gasteiger partial charge on any atom is -0.373 e. The van der Waals surface area contributed by atoms with Crippen LogP contribution in [0.15, 0.2) is 48.5 Å². The number of benzene rings is 2. The van der Waals surface area contributed by atoms with E-state index in [1.165, 1.54) is 17.7 Å². The molecular formula is C26H30ClFN4O2. The van der Waals surface area contributed by atoms with E-state index in [0.29, 0.717) is 24.3 Å². The molecule has 1 N–H and O–H groups in total. The molecule has 0 bridgehead atoms. The van der Waals surface area contributed by atoms with Crippen LogP contribution in [0.1, 0.15) is 46.6 Å². The summed E-state index contributed by atoms with van der Waals surface area (Å²) in [5.74, 6) is -0.571. The first-order valence-corrected chi connectivity index (χ1v) is 11.9. The van der Waals surface area contributed by atoms with Gasteiger partial charge in [-0.25, -0.2) is 9.07 Å². The zero-order valence-corrected chi connectivity index (χ0v) is 20.5. The van der Waals surface area contributed by atoms with Gasteiger partial charge < -0.3 is 10.1 Å². The molecule has 0 aliphatic carbocycles. The summed E-state index contributed by atoms with van der Waals surface area (Å²) in [5, 5.41) is 7.61. The first-order chi connectivity index (χ1) is 16.3. The Hall–Kier alpha value is -2.74. The second kappa shape index (κ2) is 10.7. The van der Waals surface area contributed by atoms with Crippen molar-refractivity contribution < 1.29 is 13.9 Å². The molecule has 1 aliphatic rings. The molecule has 1 saturated heterocycles. The van der Waals surface area contributed by atoms with Crippen LogP contribution in [0.3, 0.4) is 0 Å². The third-order valence-corrected chi connectivity index (χ3v) is 6.30. The summed E-state index contributed by atoms with van der Waals surface area (Å²) in [5.41, 5.74) is 3.99. The number of aromatic nitrogens is 2. The minimum atomic E-state index is -0.301. The van der Waals surface area contributed by atoms with E-state index in [0.717, 1.165) is 30.8 Å². The van der Waals surface area contributed by atoms with Crippen molar-refractivity contribution in [1.29, 1.82) is 0 Å². The highest BCUT2D eigenvalue weighted by Gasteiger charge is 2.22. The Balaban J connectivity index is 1.34. The van der Waals surface area contributed by atoms with Crippen molar-refractivity contribution in [2.45, 2.75) is 52.6 Å². The Kier molecular flexibility index (Phi) is 7.66. The zero-order chi connectivity index (χ0) is 24.2. The van der Waals surface area contributed by atoms with E-state index in [1.807, 2.05) is 12.1 Å². The van der Waals surface area contributed by atoms with Gasteiger partial charge >= 0.3 is 0 Å². The highest BCUT2D eigenvalue weighted by Crippen LogP contribution is 2.21. The first-order valence-electron chi connectivity index (χ1n) is 11.5. The van der Waals surface area contributed by atoms with Crippen molar-refractivity contribution in [3.05, 3.63) is 87.4 Å². The number of hydrogen-bond donors (Lipinski definition) is 1. The van der Waals surface area contributed by atoms with E-state index in [4.69, 9.17) is 16.3 Å². The number of morpholine rings is 1. The van der Waals surface area contributed by atoms with Crippen molar-refractivity contribution >= 4 is 17.5 Å². The average molecular weight is 485 g/mol. The fourth-order valence-electron chi connectivity index (χ4n) is 4.38. The molecule has 2 aromatic carbocycles. The molecule has 2 unspecified atom stereocenters. The molecule has 0 spiro atoms. The van der Waals surface area contributed by atoms with Crippen LogP contribution in [0.5, 0.6) is 0 Å². The first kappa shape index (κ1) is 24.4. The molecule has 2 heterocycles. The Bertz CT molecular complexity index is 1120. The second-order valence-electron chi connectivity index (χ2n) is 8.99. The molecule has 0 saturated carbocycles. The van der Waals surface area contributed by atoms with Gasteiger partial charge in [-0.1, -0.05) is 48.0 Å². The molecule has 1 fully saturated rings. The fourth-order valence-corrected chi connectivity index (χ4v) is 4.70. The summed E-state index contributed by atoms with van der Waals surface area (Å²) < 4.78 is 20.5. The number of nitrogens with zero attached hydrogens (tertiary/aromatic N) is 3. The van der Waals surface area contributed by atoms with Gasteiger partial charge in [0, 0.05) is 26.2 Å². The molecule has 3 aromatic rings. The van der Waals surface area contributed by atoms with E-state index in [1.54, 1.807) is 23.7 Å². The number of amides is 1. The minimum absolute atomic E-state index is 0.244. The molecule has 1 aromatic heterocycles. The standard InChI is InChI=1S/C26H30ClFN4O2/c1-17-13-31(14-18(2)34-17)15-21-6-4-20(5-7-21)12-29-26(33)24-19(3)30-32(25(24)27)16-22-8-10-23(28)11-9-22/h4-11,17-18H,12-16H2,1-3H3,(H,29,33). The molecule has 1 aliphatic heterocycles. The Morgan fingerprint density at radius 2 is 1.59 bits per heavy atom. The number of carbonyl (C=O) groups excluding carboxylic acids is 1. The third-order valence-electron chi connectivity index (χ3n) is 5.92. The summed E-state index contributed by atoms with van der Waals surface area (Å²) in [7, 11) is 0. The van der Waals surface area contributed by atoms with Crippen molar-refractivity contribution in [3.8, 4) is 0 Å². The molecular weight excluding hydrogens is 455 g/mol. The fraction of sp³-hybridized carbons (Fsp3) is 0.385. The summed E-state index contributed by atoms with van der Waals surface area (Å²) in [6.45, 7) is 9.45. The van der Waals surface area contributed by atoms with Gasteiger partial charge in [-0.2, -0.15) is 5.10 Å². The monoisotopic (exact) mass is 484 g/mol. The van der Waals surface area contributed by atoms with E-state index in [9.17, 15) is 9.18 Å². The van der Waals surface area contributed by atoms with Crippen LogP contribution < -0.4 is 5.32 Å². The largest absolute Gasteiger partial charge is 0.373 e. The van der Waals surface area contributed by atoms with Crippen LogP contribution in [0.2, 0.25) is 5.15 Å². The average Bonchev–Trinajstić information content (AvgIpc) is 3.06. The van der Waals surface area contributed by atoms with Crippen molar-refractivity contribution in [1.82, 2.24) is 20.0 Å². The number of rotatable bonds is 7. The van der Waals surface area contributed by atoms with Gasteiger partial charge in [0.2, 0.25) is 0 Å². The van der Waals surface area contributed by atoms with Crippen LogP contribution in [0.25, 0.3) is 0 Å². The van der Waals surface area contributed by atoms with Crippen molar-refractivity contribution in [2.75, 3.05) is 13.1 Å². The van der Waals surface area contributed by atoms with E-state index in [-0.39, 0.29) is 29.1 Å². The van der Waals surface area contributed by atoms with E-state index >= 15 is 0 Å². The number of carbonyl (C=O) groups is 1. The second-order valence-corrected chi connectivity index (χ2v) is 9.34. The Morgan fingerprint density at radius 1 is 1.03 bits per heavy atom. The van der Waals surface area contributed by atoms with Crippen LogP contribution >= 0.6 is 11.6 Å². The predicted molar refractivity (Wildman–Crippen MR) is 130 cm³/mol.